The van der Waals surface area contributed by atoms with E-state index in [4.69, 9.17) is 9.47 Å². The fourth-order valence-electron chi connectivity index (χ4n) is 2.61. The number of fused-ring (bicyclic) bond motifs is 1. The molecule has 0 radical (unpaired) electrons. The first kappa shape index (κ1) is 13.1. The number of carboxylic acids is 1. The molecule has 0 unspecified atom stereocenters. The van der Waals surface area contributed by atoms with Gasteiger partial charge in [-0.15, -0.1) is 0 Å². The Balaban J connectivity index is 2.21. The van der Waals surface area contributed by atoms with E-state index in [2.05, 4.69) is 0 Å². The molecular formula is C14H15NO5. The molecule has 0 amide bonds. The van der Waals surface area contributed by atoms with Gasteiger partial charge in [-0.1, -0.05) is 6.08 Å². The van der Waals surface area contributed by atoms with Gasteiger partial charge in [0, 0.05) is 18.3 Å². The molecular weight excluding hydrogens is 262 g/mol. The van der Waals surface area contributed by atoms with Crippen molar-refractivity contribution >= 4 is 11.5 Å². The summed E-state index contributed by atoms with van der Waals surface area (Å²) in [6.45, 7) is 2.27. The van der Waals surface area contributed by atoms with E-state index >= 15 is 0 Å². The highest BCUT2D eigenvalue weighted by atomic mass is 16.5. The first-order valence-electron chi connectivity index (χ1n) is 6.53. The summed E-state index contributed by atoms with van der Waals surface area (Å²) in [5.74, 6) is -1.20. The number of nitrogens with zero attached hydrogens (tertiary/aromatic N) is 1. The van der Waals surface area contributed by atoms with Crippen LogP contribution < -0.4 is 5.43 Å². The van der Waals surface area contributed by atoms with Crippen molar-refractivity contribution in [2.75, 3.05) is 19.8 Å². The van der Waals surface area contributed by atoms with Crippen molar-refractivity contribution in [3.05, 3.63) is 39.3 Å². The number of aromatic carboxylic acids is 1. The summed E-state index contributed by atoms with van der Waals surface area (Å²) in [5, 5.41) is 9.33. The van der Waals surface area contributed by atoms with Gasteiger partial charge in [0.05, 0.1) is 32.1 Å². The van der Waals surface area contributed by atoms with Crippen molar-refractivity contribution in [3.8, 4) is 0 Å². The molecule has 0 atom stereocenters. The third-order valence-electron chi connectivity index (χ3n) is 3.63. The molecule has 1 N–H and O–H groups in total. The number of hydrogen-bond donors (Lipinski definition) is 1. The Morgan fingerprint density at radius 1 is 1.30 bits per heavy atom. The molecule has 2 aliphatic rings. The average molecular weight is 277 g/mol. The zero-order valence-corrected chi connectivity index (χ0v) is 10.9. The van der Waals surface area contributed by atoms with E-state index < -0.39 is 11.4 Å². The van der Waals surface area contributed by atoms with Crippen molar-refractivity contribution in [3.63, 3.8) is 0 Å². The lowest BCUT2D eigenvalue weighted by Crippen LogP contribution is -2.30. The lowest BCUT2D eigenvalue weighted by molar-refractivity contribution is 0.0649. The smallest absolute Gasteiger partial charge is 0.341 e. The van der Waals surface area contributed by atoms with Gasteiger partial charge in [-0.2, -0.15) is 0 Å². The van der Waals surface area contributed by atoms with Crippen LogP contribution in [-0.4, -0.2) is 35.5 Å². The molecule has 6 heteroatoms. The van der Waals surface area contributed by atoms with Crippen LogP contribution in [0.25, 0.3) is 5.57 Å². The highest BCUT2D eigenvalue weighted by Gasteiger charge is 2.24. The van der Waals surface area contributed by atoms with E-state index in [0.717, 1.165) is 5.57 Å². The molecule has 106 valence electrons. The summed E-state index contributed by atoms with van der Waals surface area (Å²) in [7, 11) is 0. The number of rotatable bonds is 2. The summed E-state index contributed by atoms with van der Waals surface area (Å²) < 4.78 is 12.3. The highest BCUT2D eigenvalue weighted by Crippen LogP contribution is 2.22. The van der Waals surface area contributed by atoms with Gasteiger partial charge in [-0.05, 0) is 12.0 Å². The van der Waals surface area contributed by atoms with E-state index in [0.29, 0.717) is 44.0 Å². The maximum atomic E-state index is 12.5. The predicted octanol–water partition coefficient (Wildman–Crippen LogP) is 0.880. The van der Waals surface area contributed by atoms with Crippen LogP contribution >= 0.6 is 0 Å². The Kier molecular flexibility index (Phi) is 3.42. The molecule has 0 spiro atoms. The van der Waals surface area contributed by atoms with E-state index in [9.17, 15) is 14.7 Å². The minimum atomic E-state index is -1.20. The zero-order valence-electron chi connectivity index (χ0n) is 10.9. The minimum Gasteiger partial charge on any atom is -0.477 e. The highest BCUT2D eigenvalue weighted by molar-refractivity contribution is 5.90. The first-order valence-corrected chi connectivity index (χ1v) is 6.53. The van der Waals surface area contributed by atoms with Gasteiger partial charge in [0.25, 0.3) is 0 Å². The Bertz CT molecular complexity index is 644. The lowest BCUT2D eigenvalue weighted by atomic mass is 9.99. The largest absolute Gasteiger partial charge is 0.477 e. The predicted molar refractivity (Wildman–Crippen MR) is 70.7 cm³/mol. The Morgan fingerprint density at radius 2 is 2.15 bits per heavy atom. The maximum absolute atomic E-state index is 12.5. The maximum Gasteiger partial charge on any atom is 0.341 e. The summed E-state index contributed by atoms with van der Waals surface area (Å²) in [6, 6.07) is 0. The molecule has 3 heterocycles. The number of carbonyl (C=O) groups is 1. The SMILES string of the molecule is O=C(O)c1c2n(cc(C3=CCOCC3)c1=O)CCOC2. The number of pyridine rings is 1. The van der Waals surface area contributed by atoms with Crippen LogP contribution in [0.2, 0.25) is 0 Å². The fourth-order valence-corrected chi connectivity index (χ4v) is 2.61. The van der Waals surface area contributed by atoms with Crippen LogP contribution in [0.4, 0.5) is 0 Å². The normalized spacial score (nSPS) is 18.3. The van der Waals surface area contributed by atoms with Crippen LogP contribution in [0.15, 0.2) is 17.1 Å². The molecule has 6 nitrogen and oxygen atoms in total. The molecule has 0 bridgehead atoms. The van der Waals surface area contributed by atoms with Crippen LogP contribution in [0.5, 0.6) is 0 Å². The number of aromatic nitrogens is 1. The standard InChI is InChI=1S/C14H15NO5/c16-13-10(9-1-4-19-5-2-9)7-15-3-6-20-8-11(15)12(13)14(17)18/h1,7H,2-6,8H2,(H,17,18). The molecule has 1 aromatic rings. The van der Waals surface area contributed by atoms with Gasteiger partial charge in [-0.25, -0.2) is 4.79 Å². The van der Waals surface area contributed by atoms with Crippen molar-refractivity contribution in [1.82, 2.24) is 4.57 Å². The molecule has 0 aromatic carbocycles. The summed E-state index contributed by atoms with van der Waals surface area (Å²) in [4.78, 5) is 23.9. The zero-order chi connectivity index (χ0) is 14.1. The second-order valence-electron chi connectivity index (χ2n) is 4.80. The molecule has 0 aliphatic carbocycles. The third-order valence-corrected chi connectivity index (χ3v) is 3.63. The second kappa shape index (κ2) is 5.22. The second-order valence-corrected chi connectivity index (χ2v) is 4.80. The number of hydrogen-bond acceptors (Lipinski definition) is 4. The third kappa shape index (κ3) is 2.17. The van der Waals surface area contributed by atoms with E-state index in [-0.39, 0.29) is 12.2 Å². The average Bonchev–Trinajstić information content (AvgIpc) is 2.47. The van der Waals surface area contributed by atoms with Crippen LogP contribution in [-0.2, 0) is 22.6 Å². The number of carboxylic acid groups (broad SMARTS) is 1. The van der Waals surface area contributed by atoms with Crippen LogP contribution in [0.3, 0.4) is 0 Å². The summed E-state index contributed by atoms with van der Waals surface area (Å²) in [5.41, 5.74) is 1.18. The van der Waals surface area contributed by atoms with E-state index in [1.807, 2.05) is 10.6 Å². The Morgan fingerprint density at radius 3 is 2.85 bits per heavy atom. The molecule has 0 saturated carbocycles. The molecule has 0 fully saturated rings. The van der Waals surface area contributed by atoms with Crippen molar-refractivity contribution in [2.45, 2.75) is 19.6 Å². The summed E-state index contributed by atoms with van der Waals surface area (Å²) in [6.07, 6.45) is 4.23. The summed E-state index contributed by atoms with van der Waals surface area (Å²) >= 11 is 0. The quantitative estimate of drug-likeness (QED) is 0.868. The van der Waals surface area contributed by atoms with Gasteiger partial charge < -0.3 is 19.1 Å². The first-order chi connectivity index (χ1) is 9.68. The van der Waals surface area contributed by atoms with Crippen molar-refractivity contribution < 1.29 is 19.4 Å². The van der Waals surface area contributed by atoms with Gasteiger partial charge in [0.1, 0.15) is 5.56 Å². The molecule has 2 aliphatic heterocycles. The molecule has 0 saturated heterocycles. The fraction of sp³-hybridized carbons (Fsp3) is 0.429. The Hall–Kier alpha value is -1.92. The molecule has 20 heavy (non-hydrogen) atoms. The number of ether oxygens (including phenoxy) is 2. The monoisotopic (exact) mass is 277 g/mol. The van der Waals surface area contributed by atoms with Crippen LogP contribution in [0, 0.1) is 0 Å². The topological polar surface area (TPSA) is 77.8 Å². The Labute approximate surface area is 115 Å². The van der Waals surface area contributed by atoms with Gasteiger partial charge >= 0.3 is 5.97 Å². The van der Waals surface area contributed by atoms with Crippen molar-refractivity contribution in [1.29, 1.82) is 0 Å². The molecule has 3 rings (SSSR count). The van der Waals surface area contributed by atoms with Crippen LogP contribution in [0.1, 0.15) is 28.0 Å². The lowest BCUT2D eigenvalue weighted by Gasteiger charge is -2.23. The van der Waals surface area contributed by atoms with Gasteiger partial charge in [-0.3, -0.25) is 4.79 Å². The molecule has 1 aromatic heterocycles. The van der Waals surface area contributed by atoms with E-state index in [1.54, 1.807) is 6.20 Å². The van der Waals surface area contributed by atoms with E-state index in [1.165, 1.54) is 0 Å². The minimum absolute atomic E-state index is 0.166. The van der Waals surface area contributed by atoms with Crippen molar-refractivity contribution in [2.24, 2.45) is 0 Å². The van der Waals surface area contributed by atoms with Gasteiger partial charge in [0.15, 0.2) is 0 Å². The van der Waals surface area contributed by atoms with Gasteiger partial charge in [0.2, 0.25) is 5.43 Å².